The summed E-state index contributed by atoms with van der Waals surface area (Å²) in [6, 6.07) is 9.64. The van der Waals surface area contributed by atoms with E-state index in [1.165, 1.54) is 11.8 Å². The van der Waals surface area contributed by atoms with Crippen LogP contribution in [-0.2, 0) is 30.3 Å². The number of nitrogens with one attached hydrogen (secondary N) is 1. The Balaban J connectivity index is 1.73. The fourth-order valence-electron chi connectivity index (χ4n) is 2.82. The SMILES string of the molecule is CCOC(=O)C(CNC(=O)CSCC(=O)N1CCOCC1)Cc1ccccc1. The minimum absolute atomic E-state index is 0.0228. The quantitative estimate of drug-likeness (QED) is 0.584. The molecule has 0 spiro atoms. The summed E-state index contributed by atoms with van der Waals surface area (Å²) in [5.41, 5.74) is 1.01. The standard InChI is InChI=1S/C20H28N2O5S/c1-2-27-20(25)17(12-16-6-4-3-5-7-16)13-21-18(23)14-28-15-19(24)22-8-10-26-11-9-22/h3-7,17H,2,8-15H2,1H3,(H,21,23). The maximum absolute atomic E-state index is 12.2. The van der Waals surface area contributed by atoms with Crippen molar-refractivity contribution in [2.24, 2.45) is 5.92 Å². The average molecular weight is 409 g/mol. The molecule has 1 heterocycles. The zero-order chi connectivity index (χ0) is 20.2. The van der Waals surface area contributed by atoms with Crippen LogP contribution < -0.4 is 5.32 Å². The van der Waals surface area contributed by atoms with Crippen molar-refractivity contribution in [3.8, 4) is 0 Å². The van der Waals surface area contributed by atoms with Crippen LogP contribution in [0.4, 0.5) is 0 Å². The van der Waals surface area contributed by atoms with Gasteiger partial charge in [-0.3, -0.25) is 14.4 Å². The van der Waals surface area contributed by atoms with Crippen LogP contribution in [0.1, 0.15) is 12.5 Å². The third kappa shape index (κ3) is 7.90. The third-order valence-electron chi connectivity index (χ3n) is 4.31. The summed E-state index contributed by atoms with van der Waals surface area (Å²) in [6.07, 6.45) is 0.503. The number of carbonyl (C=O) groups excluding carboxylic acids is 3. The molecule has 1 atom stereocenters. The smallest absolute Gasteiger partial charge is 0.311 e. The minimum atomic E-state index is -0.439. The van der Waals surface area contributed by atoms with Crippen LogP contribution in [0.25, 0.3) is 0 Å². The summed E-state index contributed by atoms with van der Waals surface area (Å²) in [5.74, 6) is -0.486. The van der Waals surface area contributed by atoms with Gasteiger partial charge in [-0.2, -0.15) is 0 Å². The fraction of sp³-hybridized carbons (Fsp3) is 0.550. The average Bonchev–Trinajstić information content (AvgIpc) is 2.72. The van der Waals surface area contributed by atoms with Crippen molar-refractivity contribution < 1.29 is 23.9 Å². The highest BCUT2D eigenvalue weighted by Gasteiger charge is 2.21. The van der Waals surface area contributed by atoms with Gasteiger partial charge in [0.25, 0.3) is 0 Å². The molecule has 1 aromatic rings. The van der Waals surface area contributed by atoms with Gasteiger partial charge in [-0.15, -0.1) is 11.8 Å². The van der Waals surface area contributed by atoms with Crippen LogP contribution >= 0.6 is 11.8 Å². The second kappa shape index (κ2) is 12.4. The summed E-state index contributed by atoms with van der Waals surface area (Å²) >= 11 is 1.28. The number of rotatable bonds is 10. The third-order valence-corrected chi connectivity index (χ3v) is 5.23. The molecular weight excluding hydrogens is 380 g/mol. The van der Waals surface area contributed by atoms with Crippen LogP contribution in [0.15, 0.2) is 30.3 Å². The van der Waals surface area contributed by atoms with E-state index < -0.39 is 5.92 Å². The zero-order valence-corrected chi connectivity index (χ0v) is 17.0. The van der Waals surface area contributed by atoms with E-state index in [1.807, 2.05) is 30.3 Å². The van der Waals surface area contributed by atoms with E-state index >= 15 is 0 Å². The Morgan fingerprint density at radius 2 is 1.89 bits per heavy atom. The molecule has 1 aliphatic rings. The van der Waals surface area contributed by atoms with Gasteiger partial charge in [0.05, 0.1) is 37.2 Å². The van der Waals surface area contributed by atoms with Gasteiger partial charge in [0.1, 0.15) is 0 Å². The Bertz CT molecular complexity index is 635. The molecular formula is C20H28N2O5S. The molecule has 1 aliphatic heterocycles. The van der Waals surface area contributed by atoms with Gasteiger partial charge >= 0.3 is 5.97 Å². The van der Waals surface area contributed by atoms with Gasteiger partial charge in [-0.1, -0.05) is 30.3 Å². The number of amides is 2. The van der Waals surface area contributed by atoms with E-state index in [0.29, 0.717) is 39.3 Å². The van der Waals surface area contributed by atoms with Crippen LogP contribution in [-0.4, -0.2) is 73.6 Å². The molecule has 0 aromatic heterocycles. The molecule has 1 aromatic carbocycles. The van der Waals surface area contributed by atoms with Gasteiger partial charge in [-0.25, -0.2) is 0 Å². The van der Waals surface area contributed by atoms with E-state index in [0.717, 1.165) is 5.56 Å². The predicted octanol–water partition coefficient (Wildman–Crippen LogP) is 1.12. The van der Waals surface area contributed by atoms with E-state index in [4.69, 9.17) is 9.47 Å². The highest BCUT2D eigenvalue weighted by molar-refractivity contribution is 8.00. The molecule has 0 radical (unpaired) electrons. The maximum Gasteiger partial charge on any atom is 0.311 e. The molecule has 0 aliphatic carbocycles. The van der Waals surface area contributed by atoms with Crippen molar-refractivity contribution >= 4 is 29.5 Å². The summed E-state index contributed by atoms with van der Waals surface area (Å²) in [5, 5.41) is 2.79. The molecule has 2 amide bonds. The van der Waals surface area contributed by atoms with Crippen LogP contribution in [0.5, 0.6) is 0 Å². The number of esters is 1. The molecule has 1 saturated heterocycles. The van der Waals surface area contributed by atoms with Crippen LogP contribution in [0.2, 0.25) is 0 Å². The molecule has 28 heavy (non-hydrogen) atoms. The maximum atomic E-state index is 12.2. The summed E-state index contributed by atoms with van der Waals surface area (Å²) in [7, 11) is 0. The number of ether oxygens (including phenoxy) is 2. The first kappa shape index (κ1) is 22.2. The summed E-state index contributed by atoms with van der Waals surface area (Å²) < 4.78 is 10.4. The number of carbonyl (C=O) groups is 3. The predicted molar refractivity (Wildman–Crippen MR) is 108 cm³/mol. The van der Waals surface area contributed by atoms with Gasteiger partial charge in [0.2, 0.25) is 11.8 Å². The van der Waals surface area contributed by atoms with Gasteiger partial charge < -0.3 is 19.7 Å². The second-order valence-electron chi connectivity index (χ2n) is 6.43. The lowest BCUT2D eigenvalue weighted by molar-refractivity contribution is -0.147. The highest BCUT2D eigenvalue weighted by Crippen LogP contribution is 2.11. The van der Waals surface area contributed by atoms with E-state index in [9.17, 15) is 14.4 Å². The number of benzene rings is 1. The first-order valence-corrected chi connectivity index (χ1v) is 10.7. The highest BCUT2D eigenvalue weighted by atomic mass is 32.2. The van der Waals surface area contributed by atoms with Crippen molar-refractivity contribution in [3.05, 3.63) is 35.9 Å². The van der Waals surface area contributed by atoms with E-state index in [1.54, 1.807) is 11.8 Å². The van der Waals surface area contributed by atoms with Crippen molar-refractivity contribution in [1.82, 2.24) is 10.2 Å². The number of thioether (sulfide) groups is 1. The Morgan fingerprint density at radius 3 is 2.57 bits per heavy atom. The number of hydrogen-bond donors (Lipinski definition) is 1. The molecule has 8 heteroatoms. The molecule has 1 N–H and O–H groups in total. The summed E-state index contributed by atoms with van der Waals surface area (Å²) in [6.45, 7) is 4.61. The Hall–Kier alpha value is -2.06. The molecule has 154 valence electrons. The summed E-state index contributed by atoms with van der Waals surface area (Å²) in [4.78, 5) is 38.1. The van der Waals surface area contributed by atoms with Gasteiger partial charge in [0, 0.05) is 19.6 Å². The van der Waals surface area contributed by atoms with E-state index in [2.05, 4.69) is 5.32 Å². The molecule has 0 saturated carbocycles. The molecule has 1 unspecified atom stereocenters. The van der Waals surface area contributed by atoms with E-state index in [-0.39, 0.29) is 35.8 Å². The monoisotopic (exact) mass is 408 g/mol. The fourth-order valence-corrected chi connectivity index (χ4v) is 3.57. The van der Waals surface area contributed by atoms with Crippen molar-refractivity contribution in [2.45, 2.75) is 13.3 Å². The topological polar surface area (TPSA) is 84.9 Å². The minimum Gasteiger partial charge on any atom is -0.466 e. The zero-order valence-electron chi connectivity index (χ0n) is 16.2. The lowest BCUT2D eigenvalue weighted by Crippen LogP contribution is -2.42. The number of morpholine rings is 1. The Labute approximate surface area is 170 Å². The lowest BCUT2D eigenvalue weighted by Gasteiger charge is -2.26. The first-order valence-electron chi connectivity index (χ1n) is 9.50. The molecule has 2 rings (SSSR count). The van der Waals surface area contributed by atoms with Gasteiger partial charge in [-0.05, 0) is 18.9 Å². The van der Waals surface area contributed by atoms with Gasteiger partial charge in [0.15, 0.2) is 0 Å². The second-order valence-corrected chi connectivity index (χ2v) is 7.41. The number of nitrogens with zero attached hydrogens (tertiary/aromatic N) is 1. The first-order chi connectivity index (χ1) is 13.6. The molecule has 7 nitrogen and oxygen atoms in total. The Kier molecular flexibility index (Phi) is 9.85. The Morgan fingerprint density at radius 1 is 1.18 bits per heavy atom. The van der Waals surface area contributed by atoms with Crippen molar-refractivity contribution in [3.63, 3.8) is 0 Å². The van der Waals surface area contributed by atoms with Crippen molar-refractivity contribution in [1.29, 1.82) is 0 Å². The normalized spacial score (nSPS) is 15.0. The van der Waals surface area contributed by atoms with Crippen molar-refractivity contribution in [2.75, 3.05) is 51.0 Å². The number of hydrogen-bond acceptors (Lipinski definition) is 6. The van der Waals surface area contributed by atoms with Crippen LogP contribution in [0.3, 0.4) is 0 Å². The molecule has 0 bridgehead atoms. The molecule has 1 fully saturated rings. The van der Waals surface area contributed by atoms with Crippen LogP contribution in [0, 0.1) is 5.92 Å². The lowest BCUT2D eigenvalue weighted by atomic mass is 9.99. The largest absolute Gasteiger partial charge is 0.466 e.